The molecule has 1 aromatic rings. The molecule has 4 aliphatic carbocycles. The fraction of sp³-hybridized carbons (Fsp3) is 0.818. The molecule has 2 unspecified atom stereocenters. The van der Waals surface area contributed by atoms with Gasteiger partial charge in [-0.1, -0.05) is 13.3 Å². The molecule has 1 heterocycles. The molecule has 5 rings (SSSR count). The number of hydrogen-bond donors (Lipinski definition) is 1. The number of hydrogen-bond acceptors (Lipinski definition) is 2. The first-order valence-corrected chi connectivity index (χ1v) is 11.0. The number of rotatable bonds is 6. The summed E-state index contributed by atoms with van der Waals surface area (Å²) < 4.78 is 40.2. The van der Waals surface area contributed by atoms with Crippen molar-refractivity contribution in [3.63, 3.8) is 0 Å². The predicted octanol–water partition coefficient (Wildman–Crippen LogP) is 5.27. The van der Waals surface area contributed by atoms with Crippen LogP contribution in [0.4, 0.5) is 13.2 Å². The molecular weight excluding hydrogens is 379 g/mol. The van der Waals surface area contributed by atoms with Gasteiger partial charge < -0.3 is 5.32 Å². The number of carbonyl (C=O) groups is 1. The molecular formula is C22H32F3N3O. The van der Waals surface area contributed by atoms with Crippen molar-refractivity contribution in [3.8, 4) is 0 Å². The SMILES string of the molecule is CCCC(NC(=O)C(C)n1nc(C(F)(F)F)cc1C)C12CC3CC(CC(C3)C1)C2. The van der Waals surface area contributed by atoms with Gasteiger partial charge in [-0.05, 0) is 88.0 Å². The Morgan fingerprint density at radius 2 is 1.79 bits per heavy atom. The average molecular weight is 412 g/mol. The van der Waals surface area contributed by atoms with Crippen LogP contribution in [0.5, 0.6) is 0 Å². The zero-order chi connectivity index (χ0) is 21.0. The van der Waals surface area contributed by atoms with Crippen LogP contribution in [0.2, 0.25) is 0 Å². The van der Waals surface area contributed by atoms with E-state index in [9.17, 15) is 18.0 Å². The molecule has 4 fully saturated rings. The van der Waals surface area contributed by atoms with E-state index in [4.69, 9.17) is 0 Å². The molecule has 4 bridgehead atoms. The summed E-state index contributed by atoms with van der Waals surface area (Å²) in [4.78, 5) is 13.1. The van der Waals surface area contributed by atoms with Crippen LogP contribution in [-0.2, 0) is 11.0 Å². The molecule has 0 aromatic carbocycles. The Balaban J connectivity index is 1.52. The predicted molar refractivity (Wildman–Crippen MR) is 104 cm³/mol. The Labute approximate surface area is 170 Å². The third-order valence-corrected chi connectivity index (χ3v) is 7.68. The van der Waals surface area contributed by atoms with Crippen LogP contribution in [-0.4, -0.2) is 21.7 Å². The van der Waals surface area contributed by atoms with Crippen LogP contribution in [0.3, 0.4) is 0 Å². The first-order chi connectivity index (χ1) is 13.6. The van der Waals surface area contributed by atoms with Gasteiger partial charge >= 0.3 is 6.18 Å². The zero-order valence-corrected chi connectivity index (χ0v) is 17.6. The fourth-order valence-electron chi connectivity index (χ4n) is 6.85. The van der Waals surface area contributed by atoms with Gasteiger partial charge in [-0.3, -0.25) is 9.48 Å². The second-order valence-corrected chi connectivity index (χ2v) is 9.92. The van der Waals surface area contributed by atoms with E-state index in [0.717, 1.165) is 36.7 Å². The largest absolute Gasteiger partial charge is 0.435 e. The Morgan fingerprint density at radius 1 is 1.24 bits per heavy atom. The number of nitrogens with one attached hydrogen (secondary N) is 1. The summed E-state index contributed by atoms with van der Waals surface area (Å²) in [6, 6.07) is 0.347. The van der Waals surface area contributed by atoms with Crippen molar-refractivity contribution >= 4 is 5.91 Å². The third kappa shape index (κ3) is 3.81. The molecule has 1 amide bonds. The van der Waals surface area contributed by atoms with Crippen molar-refractivity contribution in [3.05, 3.63) is 17.5 Å². The molecule has 0 aliphatic heterocycles. The van der Waals surface area contributed by atoms with Crippen LogP contribution >= 0.6 is 0 Å². The lowest BCUT2D eigenvalue weighted by atomic mass is 9.47. The smallest absolute Gasteiger partial charge is 0.351 e. The van der Waals surface area contributed by atoms with Crippen LogP contribution in [0, 0.1) is 30.1 Å². The van der Waals surface area contributed by atoms with Gasteiger partial charge in [-0.25, -0.2) is 0 Å². The summed E-state index contributed by atoms with van der Waals surface area (Å²) in [6.07, 6.45) is 5.01. The van der Waals surface area contributed by atoms with Gasteiger partial charge in [0.05, 0.1) is 0 Å². The molecule has 4 aliphatic rings. The number of amides is 1. The van der Waals surface area contributed by atoms with Gasteiger partial charge in [0, 0.05) is 11.7 Å². The Kier molecular flexibility index (Phi) is 5.23. The van der Waals surface area contributed by atoms with Gasteiger partial charge in [0.15, 0.2) is 5.69 Å². The molecule has 4 nitrogen and oxygen atoms in total. The molecule has 162 valence electrons. The van der Waals surface area contributed by atoms with E-state index >= 15 is 0 Å². The van der Waals surface area contributed by atoms with E-state index in [0.29, 0.717) is 5.69 Å². The van der Waals surface area contributed by atoms with Crippen molar-refractivity contribution in [2.45, 2.75) is 90.4 Å². The average Bonchev–Trinajstić information content (AvgIpc) is 3.01. The summed E-state index contributed by atoms with van der Waals surface area (Å²) in [7, 11) is 0. The molecule has 1 aromatic heterocycles. The summed E-state index contributed by atoms with van der Waals surface area (Å²) >= 11 is 0. The van der Waals surface area contributed by atoms with E-state index in [2.05, 4.69) is 17.3 Å². The molecule has 2 atom stereocenters. The van der Waals surface area contributed by atoms with Gasteiger partial charge in [-0.2, -0.15) is 18.3 Å². The number of nitrogens with zero attached hydrogens (tertiary/aromatic N) is 2. The first-order valence-electron chi connectivity index (χ1n) is 11.0. The van der Waals surface area contributed by atoms with Gasteiger partial charge in [0.1, 0.15) is 6.04 Å². The number of aryl methyl sites for hydroxylation is 1. The van der Waals surface area contributed by atoms with Crippen LogP contribution < -0.4 is 5.32 Å². The quantitative estimate of drug-likeness (QED) is 0.693. The van der Waals surface area contributed by atoms with E-state index in [1.807, 2.05) is 0 Å². The summed E-state index contributed by atoms with van der Waals surface area (Å²) in [5.74, 6) is 2.15. The van der Waals surface area contributed by atoms with Crippen molar-refractivity contribution in [1.29, 1.82) is 0 Å². The number of halogens is 3. The van der Waals surface area contributed by atoms with Crippen LogP contribution in [0.1, 0.15) is 82.6 Å². The van der Waals surface area contributed by atoms with Crippen molar-refractivity contribution in [2.75, 3.05) is 0 Å². The monoisotopic (exact) mass is 411 g/mol. The second kappa shape index (κ2) is 7.31. The minimum Gasteiger partial charge on any atom is -0.351 e. The Hall–Kier alpha value is -1.53. The topological polar surface area (TPSA) is 46.9 Å². The number of aromatic nitrogens is 2. The van der Waals surface area contributed by atoms with Crippen molar-refractivity contribution in [1.82, 2.24) is 15.1 Å². The zero-order valence-electron chi connectivity index (χ0n) is 17.6. The third-order valence-electron chi connectivity index (χ3n) is 7.68. The molecule has 4 saturated carbocycles. The summed E-state index contributed by atoms with van der Waals surface area (Å²) in [5, 5.41) is 6.95. The first kappa shape index (κ1) is 20.7. The standard InChI is InChI=1S/C22H32F3N3O/c1-4-5-18(21-10-15-7-16(11-21)9-17(8-15)12-21)26-20(29)14(3)28-13(2)6-19(27-28)22(23,24)25/h6,14-18H,4-5,7-12H2,1-3H3,(H,26,29). The number of carbonyl (C=O) groups excluding carboxylic acids is 1. The second-order valence-electron chi connectivity index (χ2n) is 9.92. The summed E-state index contributed by atoms with van der Waals surface area (Å²) in [6.45, 7) is 5.34. The van der Waals surface area contributed by atoms with Gasteiger partial charge in [-0.15, -0.1) is 0 Å². The lowest BCUT2D eigenvalue weighted by Gasteiger charge is -2.59. The van der Waals surface area contributed by atoms with Crippen LogP contribution in [0.25, 0.3) is 0 Å². The van der Waals surface area contributed by atoms with Crippen molar-refractivity contribution < 1.29 is 18.0 Å². The molecule has 0 radical (unpaired) electrons. The molecule has 0 spiro atoms. The molecule has 1 N–H and O–H groups in total. The van der Waals surface area contributed by atoms with E-state index in [-0.39, 0.29) is 17.4 Å². The molecule has 29 heavy (non-hydrogen) atoms. The molecule has 0 saturated heterocycles. The fourth-order valence-corrected chi connectivity index (χ4v) is 6.85. The minimum atomic E-state index is -4.50. The van der Waals surface area contributed by atoms with Crippen molar-refractivity contribution in [2.24, 2.45) is 23.2 Å². The lowest BCUT2D eigenvalue weighted by molar-refractivity contribution is -0.142. The van der Waals surface area contributed by atoms with Gasteiger partial charge in [0.2, 0.25) is 5.91 Å². The Bertz CT molecular complexity index is 735. The summed E-state index contributed by atoms with van der Waals surface area (Å²) in [5.41, 5.74) is -0.418. The van der Waals surface area contributed by atoms with Gasteiger partial charge in [0.25, 0.3) is 0 Å². The van der Waals surface area contributed by atoms with E-state index in [1.54, 1.807) is 13.8 Å². The maximum Gasteiger partial charge on any atom is 0.435 e. The highest BCUT2D eigenvalue weighted by Gasteiger charge is 2.54. The maximum atomic E-state index is 13.1. The van der Waals surface area contributed by atoms with E-state index in [1.165, 1.54) is 43.2 Å². The number of alkyl halides is 3. The van der Waals surface area contributed by atoms with Crippen LogP contribution in [0.15, 0.2) is 6.07 Å². The Morgan fingerprint density at radius 3 is 2.24 bits per heavy atom. The highest BCUT2D eigenvalue weighted by Crippen LogP contribution is 2.61. The highest BCUT2D eigenvalue weighted by atomic mass is 19.4. The normalized spacial score (nSPS) is 33.0. The van der Waals surface area contributed by atoms with E-state index < -0.39 is 17.9 Å². The molecule has 7 heteroatoms. The minimum absolute atomic E-state index is 0.105. The highest BCUT2D eigenvalue weighted by molar-refractivity contribution is 5.80. The maximum absolute atomic E-state index is 13.1. The lowest BCUT2D eigenvalue weighted by Crippen LogP contribution is -2.57.